The number of nitrogens with zero attached hydrogens (tertiary/aromatic N) is 2. The molecule has 0 atom stereocenters. The zero-order valence-corrected chi connectivity index (χ0v) is 12.8. The summed E-state index contributed by atoms with van der Waals surface area (Å²) in [6, 6.07) is 7.64. The van der Waals surface area contributed by atoms with Gasteiger partial charge in [0.05, 0.1) is 6.21 Å². The second-order valence-electron chi connectivity index (χ2n) is 3.91. The molecule has 0 aromatic heterocycles. The van der Waals surface area contributed by atoms with Gasteiger partial charge in [-0.2, -0.15) is 5.10 Å². The van der Waals surface area contributed by atoms with Crippen LogP contribution in [-0.2, 0) is 0 Å². The van der Waals surface area contributed by atoms with E-state index in [9.17, 15) is 4.39 Å². The zero-order valence-electron chi connectivity index (χ0n) is 11.3. The molecule has 1 rings (SSSR count). The van der Waals surface area contributed by atoms with E-state index in [0.717, 1.165) is 11.3 Å². The molecule has 0 aliphatic rings. The minimum absolute atomic E-state index is 0.345. The summed E-state index contributed by atoms with van der Waals surface area (Å²) in [4.78, 5) is 1.91. The number of hydrazone groups is 1. The fourth-order valence-corrected chi connectivity index (χ4v) is 1.82. The van der Waals surface area contributed by atoms with Crippen LogP contribution in [0.25, 0.3) is 0 Å². The number of rotatable bonds is 7. The Balaban J connectivity index is 2.64. The van der Waals surface area contributed by atoms with Crippen LogP contribution in [0.15, 0.2) is 29.4 Å². The van der Waals surface area contributed by atoms with Gasteiger partial charge < -0.3 is 10.2 Å². The Bertz CT molecular complexity index is 433. The Morgan fingerprint density at radius 2 is 2.10 bits per heavy atom. The lowest BCUT2D eigenvalue weighted by molar-refractivity contribution is 0.492. The minimum Gasteiger partial charge on any atom is -0.368 e. The molecule has 110 valence electrons. The van der Waals surface area contributed by atoms with Gasteiger partial charge in [-0.15, -0.1) is 11.6 Å². The molecule has 7 heteroatoms. The number of alkyl halides is 2. The molecule has 0 amide bonds. The quantitative estimate of drug-likeness (QED) is 0.350. The molecule has 0 saturated carbocycles. The molecular formula is C13H18ClFN4S. The van der Waals surface area contributed by atoms with Crippen LogP contribution in [0.5, 0.6) is 0 Å². The summed E-state index contributed by atoms with van der Waals surface area (Å²) in [6.07, 6.45) is 1.66. The Morgan fingerprint density at radius 1 is 1.40 bits per heavy atom. The molecule has 2 N–H and O–H groups in total. The summed E-state index contributed by atoms with van der Waals surface area (Å²) in [5, 5.41) is 7.19. The molecule has 0 spiro atoms. The average molecular weight is 317 g/mol. The predicted octanol–water partition coefficient (Wildman–Crippen LogP) is 2.13. The highest BCUT2D eigenvalue weighted by atomic mass is 35.5. The molecule has 0 aliphatic carbocycles. The Labute approximate surface area is 129 Å². The highest BCUT2D eigenvalue weighted by molar-refractivity contribution is 7.80. The molecule has 1 aromatic carbocycles. The van der Waals surface area contributed by atoms with E-state index in [2.05, 4.69) is 15.8 Å². The Morgan fingerprint density at radius 3 is 2.65 bits per heavy atom. The smallest absolute Gasteiger partial charge is 0.186 e. The lowest BCUT2D eigenvalue weighted by Crippen LogP contribution is -2.28. The fourth-order valence-electron chi connectivity index (χ4n) is 1.57. The van der Waals surface area contributed by atoms with E-state index in [4.69, 9.17) is 23.8 Å². The summed E-state index contributed by atoms with van der Waals surface area (Å²) in [5.41, 5.74) is 4.54. The summed E-state index contributed by atoms with van der Waals surface area (Å²) in [7, 11) is 1.72. The van der Waals surface area contributed by atoms with Crippen molar-refractivity contribution in [2.75, 3.05) is 37.6 Å². The molecular weight excluding hydrogens is 299 g/mol. The molecule has 4 nitrogen and oxygen atoms in total. The molecule has 1 aromatic rings. The number of hydrogen-bond donors (Lipinski definition) is 2. The van der Waals surface area contributed by atoms with Crippen LogP contribution in [0.4, 0.5) is 10.1 Å². The largest absolute Gasteiger partial charge is 0.368 e. The molecule has 0 aliphatic heterocycles. The second-order valence-corrected chi connectivity index (χ2v) is 4.69. The monoisotopic (exact) mass is 316 g/mol. The number of anilines is 1. The van der Waals surface area contributed by atoms with E-state index in [1.165, 1.54) is 0 Å². The average Bonchev–Trinajstić information content (AvgIpc) is 2.47. The number of thiocarbonyl (C=S) groups is 1. The maximum Gasteiger partial charge on any atom is 0.186 e. The summed E-state index contributed by atoms with van der Waals surface area (Å²) in [5.74, 6) is 0.467. The van der Waals surface area contributed by atoms with E-state index >= 15 is 0 Å². The third-order valence-corrected chi connectivity index (χ3v) is 3.04. The maximum atomic E-state index is 12.5. The second kappa shape index (κ2) is 9.50. The van der Waals surface area contributed by atoms with Crippen LogP contribution in [-0.4, -0.2) is 44.0 Å². The van der Waals surface area contributed by atoms with Crippen LogP contribution in [0, 0.1) is 0 Å². The molecule has 20 heavy (non-hydrogen) atoms. The van der Waals surface area contributed by atoms with Gasteiger partial charge in [-0.1, -0.05) is 12.1 Å². The molecule has 0 heterocycles. The van der Waals surface area contributed by atoms with Crippen molar-refractivity contribution in [3.63, 3.8) is 0 Å². The van der Waals surface area contributed by atoms with Crippen LogP contribution in [0.1, 0.15) is 5.56 Å². The topological polar surface area (TPSA) is 39.7 Å². The van der Waals surface area contributed by atoms with Crippen molar-refractivity contribution in [2.45, 2.75) is 0 Å². The van der Waals surface area contributed by atoms with Crippen molar-refractivity contribution in [1.29, 1.82) is 0 Å². The number of halogens is 2. The third-order valence-electron chi connectivity index (χ3n) is 2.57. The van der Waals surface area contributed by atoms with Crippen LogP contribution < -0.4 is 15.6 Å². The van der Waals surface area contributed by atoms with Gasteiger partial charge in [0.25, 0.3) is 0 Å². The van der Waals surface area contributed by atoms with Crippen molar-refractivity contribution in [3.05, 3.63) is 29.8 Å². The third kappa shape index (κ3) is 5.71. The van der Waals surface area contributed by atoms with Gasteiger partial charge in [0.2, 0.25) is 0 Å². The maximum absolute atomic E-state index is 12.5. The number of nitrogens with one attached hydrogen (secondary N) is 2. The number of hydrogen-bond acceptors (Lipinski definition) is 3. The van der Waals surface area contributed by atoms with Crippen molar-refractivity contribution < 1.29 is 4.39 Å². The zero-order chi connectivity index (χ0) is 14.8. The molecule has 0 fully saturated rings. The van der Waals surface area contributed by atoms with Gasteiger partial charge in [0.1, 0.15) is 6.67 Å². The Hall–Kier alpha value is -1.40. The lowest BCUT2D eigenvalue weighted by Gasteiger charge is -2.22. The van der Waals surface area contributed by atoms with Gasteiger partial charge >= 0.3 is 0 Å². The van der Waals surface area contributed by atoms with Crippen molar-refractivity contribution >= 4 is 40.8 Å². The van der Waals surface area contributed by atoms with Gasteiger partial charge in [0, 0.05) is 31.7 Å². The molecule has 0 radical (unpaired) electrons. The minimum atomic E-state index is -0.397. The van der Waals surface area contributed by atoms with Crippen LogP contribution >= 0.6 is 23.8 Å². The van der Waals surface area contributed by atoms with Crippen LogP contribution in [0.2, 0.25) is 0 Å². The van der Waals surface area contributed by atoms with Crippen molar-refractivity contribution in [3.8, 4) is 0 Å². The SMILES string of the molecule is CNC(=S)NN=Cc1ccc(N(CCF)CCCl)cc1. The van der Waals surface area contributed by atoms with E-state index in [-0.39, 0.29) is 0 Å². The highest BCUT2D eigenvalue weighted by Gasteiger charge is 2.04. The summed E-state index contributed by atoms with van der Waals surface area (Å²) in [6.45, 7) is 0.570. The highest BCUT2D eigenvalue weighted by Crippen LogP contribution is 2.14. The van der Waals surface area contributed by atoms with E-state index in [0.29, 0.717) is 24.1 Å². The normalized spacial score (nSPS) is 10.6. The first-order chi connectivity index (χ1) is 9.71. The summed E-state index contributed by atoms with van der Waals surface area (Å²) < 4.78 is 12.5. The van der Waals surface area contributed by atoms with Crippen molar-refractivity contribution in [2.24, 2.45) is 5.10 Å². The first-order valence-corrected chi connectivity index (χ1v) is 7.13. The van der Waals surface area contributed by atoms with E-state index in [1.807, 2.05) is 29.2 Å². The standard InChI is InChI=1S/C13H18ClFN4S/c1-16-13(20)18-17-10-11-2-4-12(5-3-11)19(8-6-14)9-7-15/h2-5,10H,6-9H2,1H3,(H2,16,18,20). The lowest BCUT2D eigenvalue weighted by atomic mass is 10.2. The van der Waals surface area contributed by atoms with Gasteiger partial charge in [-0.25, -0.2) is 4.39 Å². The number of benzene rings is 1. The first-order valence-electron chi connectivity index (χ1n) is 6.19. The van der Waals surface area contributed by atoms with E-state index in [1.54, 1.807) is 13.3 Å². The van der Waals surface area contributed by atoms with E-state index < -0.39 is 6.67 Å². The van der Waals surface area contributed by atoms with Crippen molar-refractivity contribution in [1.82, 2.24) is 10.7 Å². The first kappa shape index (κ1) is 16.7. The van der Waals surface area contributed by atoms with Gasteiger partial charge in [-0.05, 0) is 29.9 Å². The van der Waals surface area contributed by atoms with Crippen LogP contribution in [0.3, 0.4) is 0 Å². The fraction of sp³-hybridized carbons (Fsp3) is 0.385. The van der Waals surface area contributed by atoms with Gasteiger partial charge in [-0.3, -0.25) is 5.43 Å². The Kier molecular flexibility index (Phi) is 7.91. The molecule has 0 bridgehead atoms. The molecule has 0 saturated heterocycles. The van der Waals surface area contributed by atoms with Gasteiger partial charge in [0.15, 0.2) is 5.11 Å². The molecule has 0 unspecified atom stereocenters. The summed E-state index contributed by atoms with van der Waals surface area (Å²) >= 11 is 10.6. The predicted molar refractivity (Wildman–Crippen MR) is 87.7 cm³/mol.